The molecule has 90 valence electrons. The van der Waals surface area contributed by atoms with Gasteiger partial charge in [-0.1, -0.05) is 20.8 Å². The van der Waals surface area contributed by atoms with Gasteiger partial charge in [-0.05, 0) is 24.7 Å². The fourth-order valence-electron chi connectivity index (χ4n) is 2.29. The van der Waals surface area contributed by atoms with Crippen LogP contribution in [0.4, 0.5) is 0 Å². The summed E-state index contributed by atoms with van der Waals surface area (Å²) in [5.41, 5.74) is 5.22. The Hall–Kier alpha value is -0.130. The third kappa shape index (κ3) is 3.43. The molecule has 1 aliphatic rings. The van der Waals surface area contributed by atoms with Gasteiger partial charge in [0.05, 0.1) is 6.26 Å². The number of nitrogens with two attached hydrogens (primary N) is 1. The molecule has 0 amide bonds. The predicted octanol–water partition coefficient (Wildman–Crippen LogP) is 1.46. The molecule has 1 fully saturated rings. The lowest BCUT2D eigenvalue weighted by molar-refractivity contribution is -0.0399. The van der Waals surface area contributed by atoms with Gasteiger partial charge in [0.25, 0.3) is 10.1 Å². The van der Waals surface area contributed by atoms with Crippen molar-refractivity contribution >= 4 is 10.1 Å². The molecule has 2 N–H and O–H groups in total. The van der Waals surface area contributed by atoms with Crippen LogP contribution in [0.2, 0.25) is 0 Å². The molecule has 0 aromatic heterocycles. The van der Waals surface area contributed by atoms with E-state index in [2.05, 4.69) is 13.8 Å². The van der Waals surface area contributed by atoms with Gasteiger partial charge in [-0.2, -0.15) is 8.42 Å². The van der Waals surface area contributed by atoms with Crippen molar-refractivity contribution < 1.29 is 12.6 Å². The first-order valence-electron chi connectivity index (χ1n) is 5.24. The van der Waals surface area contributed by atoms with Gasteiger partial charge >= 0.3 is 0 Å². The highest BCUT2D eigenvalue weighted by atomic mass is 32.2. The van der Waals surface area contributed by atoms with E-state index in [0.29, 0.717) is 6.42 Å². The number of hydrogen-bond acceptors (Lipinski definition) is 4. The highest BCUT2D eigenvalue weighted by molar-refractivity contribution is 7.86. The Labute approximate surface area is 92.3 Å². The van der Waals surface area contributed by atoms with Crippen LogP contribution in [0.3, 0.4) is 0 Å². The van der Waals surface area contributed by atoms with E-state index in [0.717, 1.165) is 19.1 Å². The molecule has 0 heterocycles. The van der Waals surface area contributed by atoms with Gasteiger partial charge in [-0.15, -0.1) is 0 Å². The highest BCUT2D eigenvalue weighted by Crippen LogP contribution is 2.43. The maximum Gasteiger partial charge on any atom is 0.266 e. The minimum Gasteiger partial charge on any atom is -0.302 e. The molecule has 5 heteroatoms. The van der Waals surface area contributed by atoms with E-state index in [1.807, 2.05) is 6.92 Å². The SMILES string of the molecule is CC1CC(C)(C)CCC1(N)OS(C)(=O)=O. The van der Waals surface area contributed by atoms with Crippen molar-refractivity contribution in [1.82, 2.24) is 0 Å². The van der Waals surface area contributed by atoms with Gasteiger partial charge in [0.15, 0.2) is 0 Å². The van der Waals surface area contributed by atoms with Crippen molar-refractivity contribution in [2.24, 2.45) is 17.1 Å². The zero-order valence-corrected chi connectivity index (χ0v) is 10.7. The summed E-state index contributed by atoms with van der Waals surface area (Å²) in [7, 11) is -3.48. The fourth-order valence-corrected chi connectivity index (χ4v) is 3.10. The van der Waals surface area contributed by atoms with Crippen LogP contribution in [-0.2, 0) is 14.3 Å². The Morgan fingerprint density at radius 1 is 1.33 bits per heavy atom. The van der Waals surface area contributed by atoms with Gasteiger partial charge < -0.3 is 5.73 Å². The van der Waals surface area contributed by atoms with Crippen LogP contribution in [0.25, 0.3) is 0 Å². The van der Waals surface area contributed by atoms with Crippen molar-refractivity contribution in [2.45, 2.75) is 45.8 Å². The minimum absolute atomic E-state index is 0.0518. The van der Waals surface area contributed by atoms with Crippen LogP contribution >= 0.6 is 0 Å². The van der Waals surface area contributed by atoms with Gasteiger partial charge in [0.2, 0.25) is 0 Å². The summed E-state index contributed by atoms with van der Waals surface area (Å²) in [5, 5.41) is 0. The average molecular weight is 235 g/mol. The quantitative estimate of drug-likeness (QED) is 0.581. The van der Waals surface area contributed by atoms with Crippen molar-refractivity contribution in [3.05, 3.63) is 0 Å². The summed E-state index contributed by atoms with van der Waals surface area (Å²) in [4.78, 5) is 0. The van der Waals surface area contributed by atoms with Crippen LogP contribution in [0.5, 0.6) is 0 Å². The van der Waals surface area contributed by atoms with Gasteiger partial charge in [0, 0.05) is 5.92 Å². The third-order valence-electron chi connectivity index (χ3n) is 3.19. The molecule has 0 radical (unpaired) electrons. The van der Waals surface area contributed by atoms with Crippen LogP contribution in [0, 0.1) is 11.3 Å². The molecule has 2 unspecified atom stereocenters. The normalized spacial score (nSPS) is 36.5. The molecule has 0 saturated heterocycles. The Kier molecular flexibility index (Phi) is 3.20. The standard InChI is InChI=1S/C10H21NO3S/c1-8-7-9(2,3)5-6-10(8,11)14-15(4,12)13/h8H,5-7,11H2,1-4H3. The summed E-state index contributed by atoms with van der Waals surface area (Å²) < 4.78 is 27.2. The first kappa shape index (κ1) is 12.9. The first-order chi connectivity index (χ1) is 6.54. The van der Waals surface area contributed by atoms with Crippen LogP contribution in [0.1, 0.15) is 40.0 Å². The Morgan fingerprint density at radius 3 is 2.27 bits per heavy atom. The monoisotopic (exact) mass is 235 g/mol. The zero-order chi connectivity index (χ0) is 11.9. The van der Waals surface area contributed by atoms with Gasteiger partial charge in [0.1, 0.15) is 5.72 Å². The molecule has 0 aromatic rings. The minimum atomic E-state index is -3.48. The Balaban J connectivity index is 2.80. The second-order valence-corrected chi connectivity index (χ2v) is 7.09. The van der Waals surface area contributed by atoms with Crippen LogP contribution in [-0.4, -0.2) is 20.4 Å². The smallest absolute Gasteiger partial charge is 0.266 e. The zero-order valence-electron chi connectivity index (χ0n) is 9.91. The molecule has 0 aliphatic heterocycles. The molecule has 1 rings (SSSR count). The number of hydrogen-bond donors (Lipinski definition) is 1. The van der Waals surface area contributed by atoms with Gasteiger partial charge in [-0.3, -0.25) is 0 Å². The largest absolute Gasteiger partial charge is 0.302 e. The summed E-state index contributed by atoms with van der Waals surface area (Å²) >= 11 is 0. The van der Waals surface area contributed by atoms with Crippen LogP contribution < -0.4 is 5.73 Å². The van der Waals surface area contributed by atoms with E-state index in [9.17, 15) is 8.42 Å². The summed E-state index contributed by atoms with van der Waals surface area (Å²) in [5.74, 6) is 0.0518. The lowest BCUT2D eigenvalue weighted by Crippen LogP contribution is -2.54. The maximum atomic E-state index is 11.1. The second-order valence-electron chi connectivity index (χ2n) is 5.51. The summed E-state index contributed by atoms with van der Waals surface area (Å²) in [6.45, 7) is 6.29. The first-order valence-corrected chi connectivity index (χ1v) is 7.05. The number of rotatable bonds is 2. The fraction of sp³-hybridized carbons (Fsp3) is 1.00. The molecule has 0 aromatic carbocycles. The van der Waals surface area contributed by atoms with E-state index in [4.69, 9.17) is 9.92 Å². The molecular formula is C10H21NO3S. The third-order valence-corrected chi connectivity index (χ3v) is 3.81. The molecule has 1 saturated carbocycles. The Bertz CT molecular complexity index is 337. The van der Waals surface area contributed by atoms with Crippen molar-refractivity contribution in [3.8, 4) is 0 Å². The van der Waals surface area contributed by atoms with Gasteiger partial charge in [-0.25, -0.2) is 4.18 Å². The average Bonchev–Trinajstić information content (AvgIpc) is 1.95. The molecule has 0 spiro atoms. The topological polar surface area (TPSA) is 69.4 Å². The van der Waals surface area contributed by atoms with E-state index >= 15 is 0 Å². The molecule has 4 nitrogen and oxygen atoms in total. The van der Waals surface area contributed by atoms with E-state index in [-0.39, 0.29) is 11.3 Å². The van der Waals surface area contributed by atoms with Crippen LogP contribution in [0.15, 0.2) is 0 Å². The maximum absolute atomic E-state index is 11.1. The highest BCUT2D eigenvalue weighted by Gasteiger charge is 2.44. The molecule has 2 atom stereocenters. The molecule has 1 aliphatic carbocycles. The summed E-state index contributed by atoms with van der Waals surface area (Å²) in [6, 6.07) is 0. The van der Waals surface area contributed by atoms with Crippen molar-refractivity contribution in [1.29, 1.82) is 0 Å². The molecule has 15 heavy (non-hydrogen) atoms. The van der Waals surface area contributed by atoms with E-state index < -0.39 is 15.8 Å². The Morgan fingerprint density at radius 2 is 1.87 bits per heavy atom. The van der Waals surface area contributed by atoms with Crippen molar-refractivity contribution in [2.75, 3.05) is 6.26 Å². The molecule has 0 bridgehead atoms. The lowest BCUT2D eigenvalue weighted by atomic mass is 9.69. The van der Waals surface area contributed by atoms with Crippen molar-refractivity contribution in [3.63, 3.8) is 0 Å². The lowest BCUT2D eigenvalue weighted by Gasteiger charge is -2.44. The predicted molar refractivity (Wildman–Crippen MR) is 59.6 cm³/mol. The van der Waals surface area contributed by atoms with E-state index in [1.165, 1.54) is 0 Å². The second kappa shape index (κ2) is 3.71. The molecular weight excluding hydrogens is 214 g/mol. The van der Waals surface area contributed by atoms with E-state index in [1.54, 1.807) is 0 Å². The summed E-state index contributed by atoms with van der Waals surface area (Å²) in [6.07, 6.45) is 3.42.